The number of carboxylic acids is 1. The van der Waals surface area contributed by atoms with Crippen LogP contribution in [0.2, 0.25) is 0 Å². The van der Waals surface area contributed by atoms with Crippen molar-refractivity contribution in [3.05, 3.63) is 66.4 Å². The summed E-state index contributed by atoms with van der Waals surface area (Å²) in [6.45, 7) is 5.38. The molecule has 2 heterocycles. The number of benzene rings is 2. The van der Waals surface area contributed by atoms with Crippen LogP contribution in [0, 0.1) is 0 Å². The predicted octanol–water partition coefficient (Wildman–Crippen LogP) is 2.10. The molecule has 0 spiro atoms. The van der Waals surface area contributed by atoms with E-state index in [4.69, 9.17) is 4.74 Å². The van der Waals surface area contributed by atoms with Crippen LogP contribution in [0.4, 0.5) is 5.69 Å². The zero-order chi connectivity index (χ0) is 22.0. The molecule has 1 aliphatic rings. The van der Waals surface area contributed by atoms with E-state index in [1.807, 2.05) is 53.4 Å². The number of rotatable bonds is 5. The van der Waals surface area contributed by atoms with Crippen LogP contribution in [0.15, 0.2) is 60.7 Å². The second-order valence-electron chi connectivity index (χ2n) is 8.07. The minimum atomic E-state index is -1.42. The third-order valence-electron chi connectivity index (χ3n) is 5.43. The molecule has 1 saturated heterocycles. The Morgan fingerprint density at radius 1 is 0.968 bits per heavy atom. The first-order chi connectivity index (χ1) is 14.8. The van der Waals surface area contributed by atoms with E-state index in [0.29, 0.717) is 37.6 Å². The highest BCUT2D eigenvalue weighted by molar-refractivity contribution is 5.95. The molecule has 0 unspecified atom stereocenters. The quantitative estimate of drug-likeness (QED) is 0.631. The molecule has 4 rings (SSSR count). The van der Waals surface area contributed by atoms with E-state index in [-0.39, 0.29) is 5.91 Å². The zero-order valence-electron chi connectivity index (χ0n) is 17.6. The summed E-state index contributed by atoms with van der Waals surface area (Å²) in [5.74, 6) is -0.879. The van der Waals surface area contributed by atoms with Gasteiger partial charge in [-0.05, 0) is 38.1 Å². The molecule has 0 bridgehead atoms. The molecule has 3 aromatic rings. The molecule has 1 aliphatic heterocycles. The van der Waals surface area contributed by atoms with Gasteiger partial charge in [-0.15, -0.1) is 0 Å². The number of aromatic nitrogens is 1. The van der Waals surface area contributed by atoms with Gasteiger partial charge >= 0.3 is 0 Å². The highest BCUT2D eigenvalue weighted by Gasteiger charge is 2.25. The van der Waals surface area contributed by atoms with Gasteiger partial charge < -0.3 is 24.4 Å². The molecule has 160 valence electrons. The van der Waals surface area contributed by atoms with Crippen molar-refractivity contribution < 1.29 is 19.4 Å². The van der Waals surface area contributed by atoms with Crippen molar-refractivity contribution in [3.63, 3.8) is 0 Å². The largest absolute Gasteiger partial charge is 0.546 e. The van der Waals surface area contributed by atoms with Crippen molar-refractivity contribution >= 4 is 28.5 Å². The molecule has 0 saturated carbocycles. The highest BCUT2D eigenvalue weighted by atomic mass is 16.5. The van der Waals surface area contributed by atoms with E-state index in [1.54, 1.807) is 12.1 Å². The molecule has 1 amide bonds. The van der Waals surface area contributed by atoms with Gasteiger partial charge in [0.1, 0.15) is 17.0 Å². The lowest BCUT2D eigenvalue weighted by Crippen LogP contribution is -2.49. The molecular formula is C24H24N3O4-. The summed E-state index contributed by atoms with van der Waals surface area (Å²) in [4.78, 5) is 32.6. The number of para-hydroxylation sites is 1. The van der Waals surface area contributed by atoms with E-state index < -0.39 is 11.6 Å². The normalized spacial score (nSPS) is 14.5. The summed E-state index contributed by atoms with van der Waals surface area (Å²) in [6, 6.07) is 18.7. The van der Waals surface area contributed by atoms with Gasteiger partial charge in [0.2, 0.25) is 0 Å². The van der Waals surface area contributed by atoms with Crippen LogP contribution in [0.3, 0.4) is 0 Å². The number of amides is 1. The zero-order valence-corrected chi connectivity index (χ0v) is 17.6. The van der Waals surface area contributed by atoms with Gasteiger partial charge in [-0.1, -0.05) is 30.3 Å². The van der Waals surface area contributed by atoms with Crippen LogP contribution in [0.5, 0.6) is 5.75 Å². The Morgan fingerprint density at radius 3 is 2.45 bits per heavy atom. The maximum atomic E-state index is 12.9. The van der Waals surface area contributed by atoms with Crippen LogP contribution in [-0.2, 0) is 4.79 Å². The fourth-order valence-corrected chi connectivity index (χ4v) is 3.59. The number of carbonyl (C=O) groups is 2. The number of ether oxygens (including phenoxy) is 1. The number of piperazine rings is 1. The van der Waals surface area contributed by atoms with Gasteiger partial charge in [-0.2, -0.15) is 0 Å². The lowest BCUT2D eigenvalue weighted by molar-refractivity contribution is -0.320. The average Bonchev–Trinajstić information content (AvgIpc) is 2.78. The van der Waals surface area contributed by atoms with E-state index in [9.17, 15) is 14.7 Å². The number of aliphatic carboxylic acids is 1. The fraction of sp³-hybridized carbons (Fsp3) is 0.292. The third-order valence-corrected chi connectivity index (χ3v) is 5.43. The Morgan fingerprint density at radius 2 is 1.71 bits per heavy atom. The van der Waals surface area contributed by atoms with E-state index in [2.05, 4.69) is 9.88 Å². The van der Waals surface area contributed by atoms with Crippen molar-refractivity contribution in [2.45, 2.75) is 19.4 Å². The van der Waals surface area contributed by atoms with Crippen LogP contribution >= 0.6 is 0 Å². The predicted molar refractivity (Wildman–Crippen MR) is 116 cm³/mol. The van der Waals surface area contributed by atoms with E-state index >= 15 is 0 Å². The lowest BCUT2D eigenvalue weighted by Gasteiger charge is -2.36. The van der Waals surface area contributed by atoms with Crippen molar-refractivity contribution in [1.29, 1.82) is 0 Å². The van der Waals surface area contributed by atoms with Crippen LogP contribution in [-0.4, -0.2) is 53.5 Å². The summed E-state index contributed by atoms with van der Waals surface area (Å²) in [6.07, 6.45) is 0. The number of pyridine rings is 1. The van der Waals surface area contributed by atoms with Crippen molar-refractivity contribution in [3.8, 4) is 5.75 Å². The molecule has 0 atom stereocenters. The minimum Gasteiger partial charge on any atom is -0.546 e. The molecular weight excluding hydrogens is 394 g/mol. The fourth-order valence-electron chi connectivity index (χ4n) is 3.59. The van der Waals surface area contributed by atoms with Crippen LogP contribution in [0.25, 0.3) is 10.9 Å². The SMILES string of the molecule is CC(C)(Oc1cccc(N2CCN(C(=O)c3ccc4ccccc4n3)CC2)c1)C(=O)[O-]. The smallest absolute Gasteiger partial charge is 0.272 e. The second kappa shape index (κ2) is 8.26. The molecule has 1 aromatic heterocycles. The maximum absolute atomic E-state index is 12.9. The van der Waals surface area contributed by atoms with Crippen molar-refractivity contribution in [2.75, 3.05) is 31.1 Å². The van der Waals surface area contributed by atoms with Crippen LogP contribution < -0.4 is 14.7 Å². The molecule has 0 N–H and O–H groups in total. The number of hydrogen-bond donors (Lipinski definition) is 0. The van der Waals surface area contributed by atoms with Gasteiger partial charge in [-0.3, -0.25) is 4.79 Å². The Bertz CT molecular complexity index is 1120. The first-order valence-electron chi connectivity index (χ1n) is 10.2. The molecule has 7 nitrogen and oxygen atoms in total. The number of carboxylic acid groups (broad SMARTS) is 1. The summed E-state index contributed by atoms with van der Waals surface area (Å²) < 4.78 is 5.59. The summed E-state index contributed by atoms with van der Waals surface area (Å²) in [5.41, 5.74) is 0.759. The number of fused-ring (bicyclic) bond motifs is 1. The Kier molecular flexibility index (Phi) is 5.50. The first kappa shape index (κ1) is 20.7. The minimum absolute atomic E-state index is 0.0711. The summed E-state index contributed by atoms with van der Waals surface area (Å²) in [7, 11) is 0. The monoisotopic (exact) mass is 418 g/mol. The summed E-state index contributed by atoms with van der Waals surface area (Å²) >= 11 is 0. The molecule has 1 fully saturated rings. The van der Waals surface area contributed by atoms with E-state index in [1.165, 1.54) is 13.8 Å². The standard InChI is InChI=1S/C24H25N3O4/c1-24(2,23(29)30)31-19-8-5-7-18(16-19)26-12-14-27(15-13-26)22(28)21-11-10-17-6-3-4-9-20(17)25-21/h3-11,16H,12-15H2,1-2H3,(H,29,30)/p-1. The van der Waals surface area contributed by atoms with Gasteiger partial charge in [-0.25, -0.2) is 4.98 Å². The molecule has 0 radical (unpaired) electrons. The highest BCUT2D eigenvalue weighted by Crippen LogP contribution is 2.25. The third kappa shape index (κ3) is 4.45. The maximum Gasteiger partial charge on any atom is 0.272 e. The van der Waals surface area contributed by atoms with Gasteiger partial charge in [0, 0.05) is 43.3 Å². The lowest BCUT2D eigenvalue weighted by atomic mass is 10.1. The Labute approximate surface area is 180 Å². The number of hydrogen-bond acceptors (Lipinski definition) is 6. The number of nitrogens with zero attached hydrogens (tertiary/aromatic N) is 3. The van der Waals surface area contributed by atoms with Crippen molar-refractivity contribution in [2.24, 2.45) is 0 Å². The molecule has 0 aliphatic carbocycles. The first-order valence-corrected chi connectivity index (χ1v) is 10.2. The van der Waals surface area contributed by atoms with Crippen LogP contribution in [0.1, 0.15) is 24.3 Å². The molecule has 2 aromatic carbocycles. The van der Waals surface area contributed by atoms with Gasteiger partial charge in [0.25, 0.3) is 5.91 Å². The molecule has 7 heteroatoms. The summed E-state index contributed by atoms with van der Waals surface area (Å²) in [5, 5.41) is 12.2. The van der Waals surface area contributed by atoms with E-state index in [0.717, 1.165) is 16.6 Å². The number of carbonyl (C=O) groups excluding carboxylic acids is 2. The van der Waals surface area contributed by atoms with Gasteiger partial charge in [0.05, 0.1) is 11.5 Å². The topological polar surface area (TPSA) is 85.8 Å². The second-order valence-corrected chi connectivity index (χ2v) is 8.07. The molecule has 31 heavy (non-hydrogen) atoms. The number of anilines is 1. The Balaban J connectivity index is 1.42. The Hall–Kier alpha value is -3.61. The van der Waals surface area contributed by atoms with Gasteiger partial charge in [0.15, 0.2) is 0 Å². The average molecular weight is 418 g/mol. The van der Waals surface area contributed by atoms with Crippen molar-refractivity contribution in [1.82, 2.24) is 9.88 Å².